The Kier molecular flexibility index (Phi) is 5.44. The van der Waals surface area contributed by atoms with Gasteiger partial charge in [-0.25, -0.2) is 0 Å². The summed E-state index contributed by atoms with van der Waals surface area (Å²) < 4.78 is 11.2. The van der Waals surface area contributed by atoms with Gasteiger partial charge in [-0.2, -0.15) is 0 Å². The number of nitrogens with one attached hydrogen (secondary N) is 1. The molecule has 0 aliphatic carbocycles. The van der Waals surface area contributed by atoms with Crippen molar-refractivity contribution in [1.29, 1.82) is 0 Å². The van der Waals surface area contributed by atoms with E-state index >= 15 is 0 Å². The molecule has 0 aliphatic heterocycles. The summed E-state index contributed by atoms with van der Waals surface area (Å²) in [6.07, 6.45) is 2.85. The molecular weight excluding hydrogens is 252 g/mol. The van der Waals surface area contributed by atoms with Gasteiger partial charge in [0, 0.05) is 12.1 Å². The molecule has 1 N–H and O–H groups in total. The molecule has 0 fully saturated rings. The zero-order chi connectivity index (χ0) is 14.4. The molecule has 0 radical (unpaired) electrons. The van der Waals surface area contributed by atoms with Crippen molar-refractivity contribution in [3.63, 3.8) is 0 Å². The monoisotopic (exact) mass is 276 g/mol. The van der Waals surface area contributed by atoms with Crippen molar-refractivity contribution in [2.24, 2.45) is 0 Å². The maximum atomic E-state index is 5.82. The first-order valence-corrected chi connectivity index (χ1v) is 7.19. The van der Waals surface area contributed by atoms with Crippen LogP contribution in [0.25, 0.3) is 0 Å². The molecule has 2 aromatic rings. The fourth-order valence-electron chi connectivity index (χ4n) is 2.23. The molecule has 20 heavy (non-hydrogen) atoms. The fourth-order valence-corrected chi connectivity index (χ4v) is 2.23. The number of rotatable bonds is 8. The predicted octanol–water partition coefficient (Wildman–Crippen LogP) is 3.31. The maximum Gasteiger partial charge on any atom is 0.118 e. The molecular formula is C16H24N2O2. The highest BCUT2D eigenvalue weighted by Gasteiger charge is 2.10. The van der Waals surface area contributed by atoms with Crippen LogP contribution in [-0.4, -0.2) is 18.5 Å². The molecule has 0 amide bonds. The van der Waals surface area contributed by atoms with Gasteiger partial charge in [-0.05, 0) is 45.1 Å². The van der Waals surface area contributed by atoms with Crippen LogP contribution >= 0.6 is 0 Å². The Morgan fingerprint density at radius 1 is 1.25 bits per heavy atom. The highest BCUT2D eigenvalue weighted by Crippen LogP contribution is 2.17. The molecule has 0 spiro atoms. The second kappa shape index (κ2) is 7.31. The van der Waals surface area contributed by atoms with E-state index in [0.29, 0.717) is 0 Å². The lowest BCUT2D eigenvalue weighted by atomic mass is 10.2. The number of hydrogen-bond donors (Lipinski definition) is 1. The molecule has 0 aliphatic rings. The first-order chi connectivity index (χ1) is 9.69. The van der Waals surface area contributed by atoms with Gasteiger partial charge in [0.1, 0.15) is 17.3 Å². The van der Waals surface area contributed by atoms with E-state index < -0.39 is 0 Å². The minimum Gasteiger partial charge on any atom is -0.468 e. The Bertz CT molecular complexity index is 503. The second-order valence-corrected chi connectivity index (χ2v) is 5.22. The highest BCUT2D eigenvalue weighted by molar-refractivity contribution is 5.20. The molecule has 4 nitrogen and oxygen atoms in total. The van der Waals surface area contributed by atoms with E-state index in [9.17, 15) is 0 Å². The summed E-state index contributed by atoms with van der Waals surface area (Å²) in [5.41, 5.74) is 1.25. The van der Waals surface area contributed by atoms with Gasteiger partial charge in [0.25, 0.3) is 0 Å². The molecule has 0 aromatic carbocycles. The first kappa shape index (κ1) is 14.9. The van der Waals surface area contributed by atoms with Crippen LogP contribution in [0.3, 0.4) is 0 Å². The van der Waals surface area contributed by atoms with E-state index in [1.165, 1.54) is 5.56 Å². The Morgan fingerprint density at radius 2 is 2.05 bits per heavy atom. The average Bonchev–Trinajstić information content (AvgIpc) is 3.00. The lowest BCUT2D eigenvalue weighted by Gasteiger charge is -2.12. The Hall–Kier alpha value is -1.52. The third kappa shape index (κ3) is 4.25. The lowest BCUT2D eigenvalue weighted by Crippen LogP contribution is -2.16. The van der Waals surface area contributed by atoms with E-state index in [1.54, 1.807) is 6.26 Å². The molecule has 0 unspecified atom stereocenters. The van der Waals surface area contributed by atoms with Crippen molar-refractivity contribution in [2.45, 2.75) is 39.9 Å². The van der Waals surface area contributed by atoms with E-state index in [2.05, 4.69) is 30.3 Å². The van der Waals surface area contributed by atoms with Gasteiger partial charge in [0.15, 0.2) is 0 Å². The fraction of sp³-hybridized carbons (Fsp3) is 0.500. The quantitative estimate of drug-likeness (QED) is 0.751. The summed E-state index contributed by atoms with van der Waals surface area (Å²) in [6.45, 7) is 7.69. The Labute approximate surface area is 120 Å². The second-order valence-electron chi connectivity index (χ2n) is 5.22. The number of aryl methyl sites for hydroxylation is 1. The minimum absolute atomic E-state index is 0.787. The minimum atomic E-state index is 0.787. The number of nitrogens with zero attached hydrogens (tertiary/aromatic N) is 1. The molecule has 0 saturated heterocycles. The Morgan fingerprint density at radius 3 is 2.75 bits per heavy atom. The third-order valence-corrected chi connectivity index (χ3v) is 3.25. The van der Waals surface area contributed by atoms with E-state index in [-0.39, 0.29) is 0 Å². The normalized spacial score (nSPS) is 11.4. The van der Waals surface area contributed by atoms with Crippen molar-refractivity contribution < 1.29 is 8.83 Å². The number of furan rings is 2. The molecule has 4 heteroatoms. The van der Waals surface area contributed by atoms with Crippen molar-refractivity contribution in [2.75, 3.05) is 13.6 Å². The molecule has 110 valence electrons. The van der Waals surface area contributed by atoms with E-state index in [1.807, 2.05) is 19.1 Å². The van der Waals surface area contributed by atoms with Gasteiger partial charge in [-0.1, -0.05) is 6.92 Å². The van der Waals surface area contributed by atoms with Gasteiger partial charge in [-0.15, -0.1) is 0 Å². The van der Waals surface area contributed by atoms with Crippen LogP contribution in [0, 0.1) is 6.92 Å². The molecule has 0 saturated carbocycles. The molecule has 0 bridgehead atoms. The van der Waals surface area contributed by atoms with E-state index in [4.69, 9.17) is 8.83 Å². The molecule has 0 atom stereocenters. The predicted molar refractivity (Wildman–Crippen MR) is 79.3 cm³/mol. The van der Waals surface area contributed by atoms with Crippen LogP contribution < -0.4 is 5.32 Å². The third-order valence-electron chi connectivity index (χ3n) is 3.25. The largest absolute Gasteiger partial charge is 0.468 e. The Balaban J connectivity index is 1.87. The van der Waals surface area contributed by atoms with Crippen LogP contribution in [0.1, 0.15) is 36.2 Å². The van der Waals surface area contributed by atoms with Gasteiger partial charge in [0.05, 0.1) is 19.4 Å². The van der Waals surface area contributed by atoms with Crippen molar-refractivity contribution in [1.82, 2.24) is 10.2 Å². The SMILES string of the molecule is CCCNCc1cc(CN(C)Cc2ccco2)oc1C. The van der Waals surface area contributed by atoms with Crippen LogP contribution in [-0.2, 0) is 19.6 Å². The smallest absolute Gasteiger partial charge is 0.118 e. The topological polar surface area (TPSA) is 41.5 Å². The molecule has 2 rings (SSSR count). The average molecular weight is 276 g/mol. The highest BCUT2D eigenvalue weighted by atomic mass is 16.3. The van der Waals surface area contributed by atoms with Gasteiger partial charge in [-0.3, -0.25) is 4.90 Å². The summed E-state index contributed by atoms with van der Waals surface area (Å²) in [6, 6.07) is 6.05. The maximum absolute atomic E-state index is 5.82. The lowest BCUT2D eigenvalue weighted by molar-refractivity contribution is 0.262. The van der Waals surface area contributed by atoms with Crippen molar-refractivity contribution in [3.05, 3.63) is 47.3 Å². The van der Waals surface area contributed by atoms with Gasteiger partial charge >= 0.3 is 0 Å². The zero-order valence-corrected chi connectivity index (χ0v) is 12.6. The summed E-state index contributed by atoms with van der Waals surface area (Å²) in [7, 11) is 2.06. The van der Waals surface area contributed by atoms with Crippen LogP contribution in [0.15, 0.2) is 33.3 Å². The summed E-state index contributed by atoms with van der Waals surface area (Å²) >= 11 is 0. The van der Waals surface area contributed by atoms with Gasteiger partial charge < -0.3 is 14.2 Å². The number of hydrogen-bond acceptors (Lipinski definition) is 4. The van der Waals surface area contributed by atoms with Crippen LogP contribution in [0.5, 0.6) is 0 Å². The van der Waals surface area contributed by atoms with Crippen molar-refractivity contribution >= 4 is 0 Å². The van der Waals surface area contributed by atoms with Gasteiger partial charge in [0.2, 0.25) is 0 Å². The zero-order valence-electron chi connectivity index (χ0n) is 12.6. The molecule has 2 heterocycles. The summed E-state index contributed by atoms with van der Waals surface area (Å²) in [4.78, 5) is 2.18. The summed E-state index contributed by atoms with van der Waals surface area (Å²) in [5, 5.41) is 3.41. The summed E-state index contributed by atoms with van der Waals surface area (Å²) in [5.74, 6) is 2.99. The van der Waals surface area contributed by atoms with Crippen LogP contribution in [0.4, 0.5) is 0 Å². The van der Waals surface area contributed by atoms with Crippen LogP contribution in [0.2, 0.25) is 0 Å². The van der Waals surface area contributed by atoms with Crippen molar-refractivity contribution in [3.8, 4) is 0 Å². The molecule has 2 aromatic heterocycles. The first-order valence-electron chi connectivity index (χ1n) is 7.19. The van der Waals surface area contributed by atoms with E-state index in [0.717, 1.165) is 49.9 Å². The standard InChI is InChI=1S/C16H24N2O2/c1-4-7-17-10-14-9-16(20-13(14)2)12-18(3)11-15-6-5-8-19-15/h5-6,8-9,17H,4,7,10-12H2,1-3H3.